The number of aliphatic carboxylic acids is 1. The van der Waals surface area contributed by atoms with E-state index in [9.17, 15) is 24.3 Å². The van der Waals surface area contributed by atoms with Crippen LogP contribution < -0.4 is 21.7 Å². The molecule has 5 atom stereocenters. The van der Waals surface area contributed by atoms with Crippen LogP contribution in [-0.2, 0) is 25.6 Å². The molecule has 0 fully saturated rings. The van der Waals surface area contributed by atoms with Crippen LogP contribution in [0.2, 0.25) is 0 Å². The molecule has 0 aliphatic rings. The van der Waals surface area contributed by atoms with Crippen molar-refractivity contribution in [3.05, 3.63) is 36.0 Å². The first-order valence-electron chi connectivity index (χ1n) is 11.1. The van der Waals surface area contributed by atoms with Crippen molar-refractivity contribution in [3.63, 3.8) is 0 Å². The van der Waals surface area contributed by atoms with Crippen LogP contribution in [0.1, 0.15) is 32.8 Å². The van der Waals surface area contributed by atoms with E-state index in [0.29, 0.717) is 6.42 Å². The number of benzene rings is 1. The lowest BCUT2D eigenvalue weighted by molar-refractivity contribution is -0.141. The number of aromatic nitrogens is 1. The summed E-state index contributed by atoms with van der Waals surface area (Å²) in [5.74, 6) is -3.48. The number of fused-ring (bicyclic) bond motifs is 1. The van der Waals surface area contributed by atoms with Crippen LogP contribution in [0.25, 0.3) is 10.9 Å². The van der Waals surface area contributed by atoms with Gasteiger partial charge in [-0.2, -0.15) is 0 Å². The second kappa shape index (κ2) is 12.1. The van der Waals surface area contributed by atoms with Gasteiger partial charge in [-0.25, -0.2) is 0 Å². The summed E-state index contributed by atoms with van der Waals surface area (Å²) in [5, 5.41) is 27.0. The predicted molar refractivity (Wildman–Crippen MR) is 126 cm³/mol. The Kier molecular flexibility index (Phi) is 9.58. The molecule has 11 nitrogen and oxygen atoms in total. The normalized spacial score (nSPS) is 15.6. The molecular weight excluding hydrogens is 442 g/mol. The van der Waals surface area contributed by atoms with E-state index in [1.165, 1.54) is 6.92 Å². The third-order valence-electron chi connectivity index (χ3n) is 5.84. The quantitative estimate of drug-likeness (QED) is 0.218. The lowest BCUT2D eigenvalue weighted by Crippen LogP contribution is -2.58. The maximum absolute atomic E-state index is 12.9. The van der Waals surface area contributed by atoms with Crippen molar-refractivity contribution in [3.8, 4) is 0 Å². The Morgan fingerprint density at radius 2 is 1.62 bits per heavy atom. The maximum Gasteiger partial charge on any atom is 0.325 e. The van der Waals surface area contributed by atoms with Gasteiger partial charge >= 0.3 is 5.97 Å². The Morgan fingerprint density at radius 1 is 1.00 bits per heavy atom. The number of carbonyl (C=O) groups is 4. The number of hydrogen-bond acceptors (Lipinski definition) is 6. The molecule has 0 aliphatic heterocycles. The molecule has 0 radical (unpaired) electrons. The van der Waals surface area contributed by atoms with E-state index in [0.717, 1.165) is 16.5 Å². The molecule has 0 spiro atoms. The highest BCUT2D eigenvalue weighted by atomic mass is 16.4. The molecule has 1 heterocycles. The summed E-state index contributed by atoms with van der Waals surface area (Å²) in [5.41, 5.74) is 7.46. The van der Waals surface area contributed by atoms with Gasteiger partial charge in [-0.1, -0.05) is 38.5 Å². The molecule has 0 saturated heterocycles. The number of carbonyl (C=O) groups excluding carboxylic acids is 3. The van der Waals surface area contributed by atoms with Gasteiger partial charge in [0.25, 0.3) is 0 Å². The van der Waals surface area contributed by atoms with Crippen molar-refractivity contribution in [2.75, 3.05) is 6.61 Å². The van der Waals surface area contributed by atoms with E-state index in [4.69, 9.17) is 10.8 Å². The Morgan fingerprint density at radius 3 is 2.24 bits per heavy atom. The number of carboxylic acids is 1. The maximum atomic E-state index is 12.9. The largest absolute Gasteiger partial charge is 0.480 e. The number of rotatable bonds is 12. The number of nitrogens with one attached hydrogen (secondary N) is 4. The zero-order valence-corrected chi connectivity index (χ0v) is 19.5. The molecule has 1 aromatic heterocycles. The van der Waals surface area contributed by atoms with Crippen LogP contribution in [-0.4, -0.2) is 69.7 Å². The van der Waals surface area contributed by atoms with Crippen LogP contribution in [0.5, 0.6) is 0 Å². The predicted octanol–water partition coefficient (Wildman–Crippen LogP) is -0.365. The van der Waals surface area contributed by atoms with Crippen LogP contribution in [0.15, 0.2) is 30.5 Å². The monoisotopic (exact) mass is 475 g/mol. The summed E-state index contributed by atoms with van der Waals surface area (Å²) in [6, 6.07) is 2.84. The smallest absolute Gasteiger partial charge is 0.325 e. The van der Waals surface area contributed by atoms with E-state index in [1.54, 1.807) is 13.1 Å². The highest BCUT2D eigenvalue weighted by molar-refractivity contribution is 5.94. The van der Waals surface area contributed by atoms with E-state index in [2.05, 4.69) is 20.9 Å². The first kappa shape index (κ1) is 26.8. The van der Waals surface area contributed by atoms with Gasteiger partial charge in [-0.3, -0.25) is 19.2 Å². The molecule has 0 bridgehead atoms. The highest BCUT2D eigenvalue weighted by Gasteiger charge is 2.30. The molecule has 186 valence electrons. The van der Waals surface area contributed by atoms with E-state index >= 15 is 0 Å². The molecule has 5 unspecified atom stereocenters. The van der Waals surface area contributed by atoms with Gasteiger partial charge in [-0.05, 0) is 24.5 Å². The standard InChI is InChI=1S/C23H33N5O6/c1-4-12(2)19(24)22(32)28-18(11-29)21(31)27-17(20(30)26-13(3)23(33)34)9-14-10-25-16-8-6-5-7-15(14)16/h5-8,10,12-13,17-19,25,29H,4,9,11,24H2,1-3H3,(H,26,30)(H,27,31)(H,28,32)(H,33,34). The number of nitrogens with two attached hydrogens (primary N) is 1. The molecule has 3 amide bonds. The van der Waals surface area contributed by atoms with Crippen LogP contribution >= 0.6 is 0 Å². The Balaban J connectivity index is 2.21. The van der Waals surface area contributed by atoms with Crippen molar-refractivity contribution in [2.45, 2.75) is 57.8 Å². The fourth-order valence-electron chi connectivity index (χ4n) is 3.35. The second-order valence-corrected chi connectivity index (χ2v) is 8.35. The summed E-state index contributed by atoms with van der Waals surface area (Å²) >= 11 is 0. The van der Waals surface area contributed by atoms with E-state index < -0.39 is 54.5 Å². The summed E-state index contributed by atoms with van der Waals surface area (Å²) in [7, 11) is 0. The number of aliphatic hydroxyl groups is 1. The molecule has 2 rings (SSSR count). The lowest BCUT2D eigenvalue weighted by Gasteiger charge is -2.25. The zero-order valence-electron chi connectivity index (χ0n) is 19.5. The second-order valence-electron chi connectivity index (χ2n) is 8.35. The molecule has 8 N–H and O–H groups in total. The van der Waals surface area contributed by atoms with Crippen LogP contribution in [0.3, 0.4) is 0 Å². The van der Waals surface area contributed by atoms with E-state index in [-0.39, 0.29) is 12.3 Å². The average molecular weight is 476 g/mol. The first-order valence-corrected chi connectivity index (χ1v) is 11.1. The number of H-pyrrole nitrogens is 1. The molecule has 34 heavy (non-hydrogen) atoms. The first-order chi connectivity index (χ1) is 16.1. The molecule has 0 aliphatic carbocycles. The van der Waals surface area contributed by atoms with Crippen molar-refractivity contribution < 1.29 is 29.4 Å². The molecule has 11 heteroatoms. The number of aliphatic hydroxyl groups excluding tert-OH is 1. The molecular formula is C23H33N5O6. The summed E-state index contributed by atoms with van der Waals surface area (Å²) in [6.45, 7) is 4.26. The third kappa shape index (κ3) is 6.78. The van der Waals surface area contributed by atoms with Crippen molar-refractivity contribution in [1.82, 2.24) is 20.9 Å². The van der Waals surface area contributed by atoms with Crippen molar-refractivity contribution in [1.29, 1.82) is 0 Å². The average Bonchev–Trinajstić information content (AvgIpc) is 3.23. The number of carboxylic acid groups (broad SMARTS) is 1. The van der Waals surface area contributed by atoms with Crippen LogP contribution in [0.4, 0.5) is 0 Å². The number of aromatic amines is 1. The third-order valence-corrected chi connectivity index (χ3v) is 5.84. The highest BCUT2D eigenvalue weighted by Crippen LogP contribution is 2.19. The van der Waals surface area contributed by atoms with Crippen molar-refractivity contribution in [2.24, 2.45) is 11.7 Å². The molecule has 0 saturated carbocycles. The van der Waals surface area contributed by atoms with Gasteiger partial charge in [0.1, 0.15) is 18.1 Å². The summed E-state index contributed by atoms with van der Waals surface area (Å²) in [6.07, 6.45) is 2.40. The Hall–Kier alpha value is -3.44. The number of amides is 3. The fraction of sp³-hybridized carbons (Fsp3) is 0.478. The minimum atomic E-state index is -1.34. The SMILES string of the molecule is CCC(C)C(N)C(=O)NC(CO)C(=O)NC(Cc1c[nH]c2ccccc12)C(=O)NC(C)C(=O)O. The molecule has 2 aromatic rings. The Labute approximate surface area is 197 Å². The fourth-order valence-corrected chi connectivity index (χ4v) is 3.35. The zero-order chi connectivity index (χ0) is 25.4. The van der Waals surface area contributed by atoms with Gasteiger partial charge < -0.3 is 36.9 Å². The van der Waals surface area contributed by atoms with Gasteiger partial charge in [0.2, 0.25) is 17.7 Å². The number of para-hydroxylation sites is 1. The minimum Gasteiger partial charge on any atom is -0.480 e. The lowest BCUT2D eigenvalue weighted by atomic mass is 9.99. The van der Waals surface area contributed by atoms with Gasteiger partial charge in [-0.15, -0.1) is 0 Å². The van der Waals surface area contributed by atoms with Gasteiger partial charge in [0, 0.05) is 23.5 Å². The topological polar surface area (TPSA) is 187 Å². The van der Waals surface area contributed by atoms with Crippen LogP contribution in [0, 0.1) is 5.92 Å². The Bertz CT molecular complexity index is 1020. The number of hydrogen-bond donors (Lipinski definition) is 7. The molecule has 1 aromatic carbocycles. The van der Waals surface area contributed by atoms with Gasteiger partial charge in [0.05, 0.1) is 12.6 Å². The summed E-state index contributed by atoms with van der Waals surface area (Å²) in [4.78, 5) is 52.4. The van der Waals surface area contributed by atoms with Gasteiger partial charge in [0.15, 0.2) is 0 Å². The minimum absolute atomic E-state index is 0.0480. The van der Waals surface area contributed by atoms with E-state index in [1.807, 2.05) is 31.2 Å². The van der Waals surface area contributed by atoms with Crippen molar-refractivity contribution >= 4 is 34.6 Å². The summed E-state index contributed by atoms with van der Waals surface area (Å²) < 4.78 is 0.